The molecule has 88 valence electrons. The van der Waals surface area contributed by atoms with Crippen molar-refractivity contribution in [3.05, 3.63) is 5.82 Å². The van der Waals surface area contributed by atoms with E-state index in [0.29, 0.717) is 11.5 Å². The van der Waals surface area contributed by atoms with E-state index in [9.17, 15) is 0 Å². The second-order valence-electron chi connectivity index (χ2n) is 4.08. The molecular weight excluding hydrogens is 224 g/mol. The van der Waals surface area contributed by atoms with Crippen LogP contribution in [0.4, 0.5) is 0 Å². The normalized spacial score (nSPS) is 22.2. The second kappa shape index (κ2) is 4.84. The van der Waals surface area contributed by atoms with Gasteiger partial charge in [-0.3, -0.25) is 4.90 Å². The molecule has 2 N–H and O–H groups in total. The number of hydrogen-bond donors (Lipinski definition) is 1. The molecule has 1 fully saturated rings. The van der Waals surface area contributed by atoms with E-state index >= 15 is 0 Å². The summed E-state index contributed by atoms with van der Waals surface area (Å²) in [4.78, 5) is 4.28. The molecule has 2 heterocycles. The Bertz CT molecular complexity index is 376. The van der Waals surface area contributed by atoms with Crippen molar-refractivity contribution < 1.29 is 0 Å². The Hall–Kier alpha value is -1.08. The molecule has 0 amide bonds. The summed E-state index contributed by atoms with van der Waals surface area (Å²) in [7, 11) is 1.76. The number of tetrazole rings is 1. The zero-order valence-corrected chi connectivity index (χ0v) is 10.2. The molecule has 0 radical (unpaired) electrons. The van der Waals surface area contributed by atoms with E-state index in [1.54, 1.807) is 7.05 Å². The summed E-state index contributed by atoms with van der Waals surface area (Å²) in [6.07, 6.45) is 3.40. The largest absolute Gasteiger partial charge is 0.392 e. The van der Waals surface area contributed by atoms with Crippen LogP contribution >= 0.6 is 12.2 Å². The van der Waals surface area contributed by atoms with Crippen molar-refractivity contribution in [3.63, 3.8) is 0 Å². The van der Waals surface area contributed by atoms with Gasteiger partial charge in [0.2, 0.25) is 0 Å². The van der Waals surface area contributed by atoms with Gasteiger partial charge in [0.05, 0.1) is 24.6 Å². The summed E-state index contributed by atoms with van der Waals surface area (Å²) >= 11 is 5.09. The van der Waals surface area contributed by atoms with Crippen LogP contribution in [0.2, 0.25) is 0 Å². The van der Waals surface area contributed by atoms with Crippen LogP contribution in [0.15, 0.2) is 0 Å². The smallest absolute Gasteiger partial charge is 0.188 e. The van der Waals surface area contributed by atoms with Crippen LogP contribution in [-0.4, -0.2) is 42.7 Å². The fraction of sp³-hybridized carbons (Fsp3) is 0.778. The molecule has 2 rings (SSSR count). The average Bonchev–Trinajstić information content (AvgIpc) is 2.64. The van der Waals surface area contributed by atoms with Gasteiger partial charge in [-0.25, -0.2) is 0 Å². The number of likely N-dealkylation sites (tertiary alicyclic amines) is 1. The van der Waals surface area contributed by atoms with Gasteiger partial charge < -0.3 is 5.73 Å². The lowest BCUT2D eigenvalue weighted by Gasteiger charge is -2.33. The van der Waals surface area contributed by atoms with Crippen molar-refractivity contribution in [1.29, 1.82) is 0 Å². The highest BCUT2D eigenvalue weighted by molar-refractivity contribution is 7.80. The summed E-state index contributed by atoms with van der Waals surface area (Å²) in [5.41, 5.74) is 5.74. The zero-order chi connectivity index (χ0) is 11.5. The van der Waals surface area contributed by atoms with Crippen LogP contribution in [0, 0.1) is 0 Å². The first kappa shape index (κ1) is 11.4. The minimum absolute atomic E-state index is 0.188. The third-order valence-electron chi connectivity index (χ3n) is 2.84. The first-order valence-corrected chi connectivity index (χ1v) is 5.84. The third kappa shape index (κ3) is 2.53. The Kier molecular flexibility index (Phi) is 3.45. The Balaban J connectivity index is 2.03. The summed E-state index contributed by atoms with van der Waals surface area (Å²) in [5.74, 6) is 0.727. The lowest BCUT2D eigenvalue weighted by molar-refractivity contribution is 0.180. The van der Waals surface area contributed by atoms with E-state index in [0.717, 1.165) is 18.8 Å². The number of aromatic nitrogens is 4. The van der Waals surface area contributed by atoms with Crippen LogP contribution in [0.1, 0.15) is 25.1 Å². The summed E-state index contributed by atoms with van der Waals surface area (Å²) in [6.45, 7) is 1.68. The Morgan fingerprint density at radius 1 is 1.56 bits per heavy atom. The monoisotopic (exact) mass is 240 g/mol. The topological polar surface area (TPSA) is 72.9 Å². The minimum Gasteiger partial charge on any atom is -0.392 e. The van der Waals surface area contributed by atoms with E-state index in [1.807, 2.05) is 0 Å². The first-order chi connectivity index (χ1) is 7.66. The van der Waals surface area contributed by atoms with Gasteiger partial charge in [0.15, 0.2) is 5.82 Å². The van der Waals surface area contributed by atoms with Crippen molar-refractivity contribution in [3.8, 4) is 0 Å². The summed E-state index contributed by atoms with van der Waals surface area (Å²) in [6, 6.07) is 0.188. The van der Waals surface area contributed by atoms with Crippen LogP contribution in [0.5, 0.6) is 0 Å². The number of thiocarbonyl (C=S) groups is 1. The van der Waals surface area contributed by atoms with Gasteiger partial charge in [0, 0.05) is 0 Å². The van der Waals surface area contributed by atoms with E-state index in [1.165, 1.54) is 17.6 Å². The first-order valence-electron chi connectivity index (χ1n) is 5.43. The Morgan fingerprint density at radius 3 is 3.00 bits per heavy atom. The van der Waals surface area contributed by atoms with Crippen LogP contribution in [0.25, 0.3) is 0 Å². The molecule has 1 unspecified atom stereocenters. The second-order valence-corrected chi connectivity index (χ2v) is 4.55. The highest BCUT2D eigenvalue weighted by Crippen LogP contribution is 2.18. The zero-order valence-electron chi connectivity index (χ0n) is 9.33. The van der Waals surface area contributed by atoms with E-state index < -0.39 is 0 Å². The maximum atomic E-state index is 5.74. The van der Waals surface area contributed by atoms with Gasteiger partial charge in [-0.1, -0.05) is 18.6 Å². The number of nitrogens with zero attached hydrogens (tertiary/aromatic N) is 5. The van der Waals surface area contributed by atoms with Crippen molar-refractivity contribution in [2.75, 3.05) is 6.54 Å². The third-order valence-corrected chi connectivity index (χ3v) is 3.11. The minimum atomic E-state index is 0.188. The fourth-order valence-electron chi connectivity index (χ4n) is 2.07. The molecule has 0 bridgehead atoms. The maximum absolute atomic E-state index is 5.74. The molecule has 1 atom stereocenters. The van der Waals surface area contributed by atoms with Gasteiger partial charge in [-0.15, -0.1) is 10.2 Å². The predicted octanol–water partition coefficient (Wildman–Crippen LogP) is -0.149. The Labute approximate surface area is 99.8 Å². The number of piperidine rings is 1. The summed E-state index contributed by atoms with van der Waals surface area (Å²) < 4.78 is 0. The van der Waals surface area contributed by atoms with Gasteiger partial charge >= 0.3 is 0 Å². The molecule has 1 aromatic heterocycles. The van der Waals surface area contributed by atoms with Crippen LogP contribution in [-0.2, 0) is 13.6 Å². The van der Waals surface area contributed by atoms with Gasteiger partial charge in [0.1, 0.15) is 0 Å². The van der Waals surface area contributed by atoms with Crippen molar-refractivity contribution in [2.24, 2.45) is 12.8 Å². The van der Waals surface area contributed by atoms with Crippen LogP contribution in [0.3, 0.4) is 0 Å². The fourth-order valence-corrected chi connectivity index (χ4v) is 2.34. The molecule has 1 aliphatic heterocycles. The number of hydrogen-bond acceptors (Lipinski definition) is 5. The maximum Gasteiger partial charge on any atom is 0.188 e. The molecule has 7 heteroatoms. The number of nitrogens with two attached hydrogens (primary N) is 1. The predicted molar refractivity (Wildman–Crippen MR) is 63.6 cm³/mol. The van der Waals surface area contributed by atoms with Crippen molar-refractivity contribution >= 4 is 17.2 Å². The molecule has 6 nitrogen and oxygen atoms in total. The molecule has 0 aliphatic carbocycles. The molecule has 1 saturated heterocycles. The SMILES string of the molecule is Cn1nnc(CN2CCCCC2C(N)=S)n1. The lowest BCUT2D eigenvalue weighted by Crippen LogP contribution is -2.46. The van der Waals surface area contributed by atoms with Gasteiger partial charge in [0.25, 0.3) is 0 Å². The number of aryl methyl sites for hydroxylation is 1. The summed E-state index contributed by atoms with van der Waals surface area (Å²) in [5, 5.41) is 12.0. The van der Waals surface area contributed by atoms with Crippen molar-refractivity contribution in [2.45, 2.75) is 31.8 Å². The molecule has 0 aromatic carbocycles. The van der Waals surface area contributed by atoms with E-state index in [4.69, 9.17) is 18.0 Å². The molecule has 1 aliphatic rings. The van der Waals surface area contributed by atoms with Gasteiger partial charge in [-0.05, 0) is 24.6 Å². The van der Waals surface area contributed by atoms with Crippen LogP contribution < -0.4 is 5.73 Å². The lowest BCUT2D eigenvalue weighted by atomic mass is 10.0. The standard InChI is InChI=1S/C9H16N6S/c1-14-12-8(11-13-14)6-15-5-3-2-4-7(15)9(10)16/h7H,2-6H2,1H3,(H2,10,16). The molecular formula is C9H16N6S. The molecule has 0 saturated carbocycles. The van der Waals surface area contributed by atoms with Gasteiger partial charge in [-0.2, -0.15) is 4.80 Å². The quantitative estimate of drug-likeness (QED) is 0.741. The molecule has 1 aromatic rings. The molecule has 16 heavy (non-hydrogen) atoms. The average molecular weight is 240 g/mol. The van der Waals surface area contributed by atoms with Crippen molar-refractivity contribution in [1.82, 2.24) is 25.1 Å². The molecule has 0 spiro atoms. The number of rotatable bonds is 3. The highest BCUT2D eigenvalue weighted by atomic mass is 32.1. The highest BCUT2D eigenvalue weighted by Gasteiger charge is 2.25. The van der Waals surface area contributed by atoms with E-state index in [-0.39, 0.29) is 6.04 Å². The van der Waals surface area contributed by atoms with E-state index in [2.05, 4.69) is 20.3 Å². The Morgan fingerprint density at radius 2 is 2.38 bits per heavy atom.